The maximum Gasteiger partial charge on any atom is 0.423 e. The van der Waals surface area contributed by atoms with Crippen LogP contribution in [0.5, 0.6) is 0 Å². The summed E-state index contributed by atoms with van der Waals surface area (Å²) in [4.78, 5) is 26.6. The molecule has 2 heterocycles. The molecule has 12 heteroatoms. The third-order valence-corrected chi connectivity index (χ3v) is 3.43. The second-order valence-electron chi connectivity index (χ2n) is 5.01. The lowest BCUT2D eigenvalue weighted by atomic mass is 10.2. The molecule has 0 bridgehead atoms. The number of methoxy groups -OCH3 is 1. The molecule has 0 amide bonds. The first-order valence-electron chi connectivity index (χ1n) is 7.14. The number of halogens is 3. The van der Waals surface area contributed by atoms with E-state index in [0.29, 0.717) is 32.4 Å². The predicted octanol–water partition coefficient (Wildman–Crippen LogP) is 1.43. The summed E-state index contributed by atoms with van der Waals surface area (Å²) >= 11 is 0. The summed E-state index contributed by atoms with van der Waals surface area (Å²) in [6.45, 7) is 0.612. The lowest BCUT2D eigenvalue weighted by molar-refractivity contribution is -0.387. The van der Waals surface area contributed by atoms with Crippen LogP contribution in [0.25, 0.3) is 0 Å². The molecule has 0 saturated carbocycles. The van der Waals surface area contributed by atoms with E-state index >= 15 is 0 Å². The monoisotopic (exact) mass is 364 g/mol. The number of hydrogen-bond acceptors (Lipinski definition) is 8. The number of carbonyl (C=O) groups excluding carboxylic acids is 1. The summed E-state index contributed by atoms with van der Waals surface area (Å²) in [6.07, 6.45) is -4.96. The van der Waals surface area contributed by atoms with E-state index in [1.807, 2.05) is 0 Å². The van der Waals surface area contributed by atoms with E-state index in [-0.39, 0.29) is 5.82 Å². The van der Waals surface area contributed by atoms with Crippen molar-refractivity contribution in [3.8, 4) is 0 Å². The number of pyridine rings is 1. The molecule has 1 saturated heterocycles. The molecular weight excluding hydrogens is 349 g/mol. The topological polar surface area (TPSA) is 107 Å². The molecule has 1 N–H and O–H groups in total. The fraction of sp³-hybridized carbons (Fsp3) is 0.538. The zero-order chi connectivity index (χ0) is 18.6. The molecule has 0 aromatic carbocycles. The molecule has 1 aliphatic rings. The minimum Gasteiger partial charge on any atom is -0.468 e. The number of nitro groups is 1. The fourth-order valence-corrected chi connectivity index (χ4v) is 2.23. The van der Waals surface area contributed by atoms with Crippen molar-refractivity contribution in [2.75, 3.05) is 50.2 Å². The van der Waals surface area contributed by atoms with Gasteiger partial charge in [-0.2, -0.15) is 13.2 Å². The highest BCUT2D eigenvalue weighted by atomic mass is 19.4. The SMILES string of the molecule is COC(=O)CNc1nc(N2CCOCC2)cc(C(F)(F)F)c1[N+](=O)[O-]. The first-order chi connectivity index (χ1) is 11.7. The Morgan fingerprint density at radius 3 is 2.64 bits per heavy atom. The van der Waals surface area contributed by atoms with Gasteiger partial charge in [0, 0.05) is 19.2 Å². The van der Waals surface area contributed by atoms with Crippen LogP contribution in [0.3, 0.4) is 0 Å². The quantitative estimate of drug-likeness (QED) is 0.475. The summed E-state index contributed by atoms with van der Waals surface area (Å²) in [5.41, 5.74) is -2.69. The number of nitrogens with zero attached hydrogens (tertiary/aromatic N) is 3. The van der Waals surface area contributed by atoms with Crippen molar-refractivity contribution >= 4 is 23.3 Å². The van der Waals surface area contributed by atoms with Gasteiger partial charge in [0.05, 0.1) is 25.2 Å². The highest BCUT2D eigenvalue weighted by molar-refractivity contribution is 5.76. The van der Waals surface area contributed by atoms with E-state index in [1.165, 1.54) is 4.90 Å². The Hall–Kier alpha value is -2.63. The van der Waals surface area contributed by atoms with Crippen LogP contribution in [0.2, 0.25) is 0 Å². The molecule has 1 fully saturated rings. The highest BCUT2D eigenvalue weighted by Crippen LogP contribution is 2.41. The van der Waals surface area contributed by atoms with Gasteiger partial charge in [0.15, 0.2) is 0 Å². The van der Waals surface area contributed by atoms with E-state index in [2.05, 4.69) is 15.0 Å². The molecular formula is C13H15F3N4O5. The zero-order valence-corrected chi connectivity index (χ0v) is 13.1. The molecule has 1 aliphatic heterocycles. The van der Waals surface area contributed by atoms with E-state index in [0.717, 1.165) is 7.11 Å². The van der Waals surface area contributed by atoms with Gasteiger partial charge in [-0.25, -0.2) is 4.98 Å². The standard InChI is InChI=1S/C13H15F3N4O5/c1-24-10(21)7-17-12-11(20(22)23)8(13(14,15)16)6-9(18-12)19-2-4-25-5-3-19/h6H,2-5,7H2,1H3,(H,17,18). The maximum atomic E-state index is 13.3. The number of aromatic nitrogens is 1. The number of nitrogens with one attached hydrogen (secondary N) is 1. The van der Waals surface area contributed by atoms with Gasteiger partial charge < -0.3 is 19.7 Å². The minimum absolute atomic E-state index is 0.0893. The van der Waals surface area contributed by atoms with Gasteiger partial charge >= 0.3 is 17.8 Å². The van der Waals surface area contributed by atoms with E-state index < -0.39 is 40.7 Å². The first-order valence-corrected chi connectivity index (χ1v) is 7.14. The number of carbonyl (C=O) groups is 1. The van der Waals surface area contributed by atoms with Gasteiger partial charge in [0.25, 0.3) is 0 Å². The van der Waals surface area contributed by atoms with Crippen molar-refractivity contribution in [1.82, 2.24) is 4.98 Å². The summed E-state index contributed by atoms with van der Waals surface area (Å²) in [5, 5.41) is 13.4. The van der Waals surface area contributed by atoms with Gasteiger partial charge in [-0.1, -0.05) is 0 Å². The molecule has 9 nitrogen and oxygen atoms in total. The molecule has 2 rings (SSSR count). The Balaban J connectivity index is 2.51. The summed E-state index contributed by atoms with van der Waals surface area (Å²) in [6, 6.07) is 0.632. The Labute approximate surface area is 139 Å². The Kier molecular flexibility index (Phi) is 5.62. The van der Waals surface area contributed by atoms with E-state index in [4.69, 9.17) is 4.74 Å². The molecule has 0 atom stereocenters. The summed E-state index contributed by atoms with van der Waals surface area (Å²) in [5.74, 6) is -1.54. The van der Waals surface area contributed by atoms with Crippen LogP contribution in [0.15, 0.2) is 6.07 Å². The number of rotatable bonds is 5. The Morgan fingerprint density at radius 1 is 1.48 bits per heavy atom. The third-order valence-electron chi connectivity index (χ3n) is 3.43. The molecule has 0 unspecified atom stereocenters. The number of anilines is 2. The van der Waals surface area contributed by atoms with Crippen molar-refractivity contribution in [1.29, 1.82) is 0 Å². The summed E-state index contributed by atoms with van der Waals surface area (Å²) < 4.78 is 49.4. The second-order valence-corrected chi connectivity index (χ2v) is 5.01. The number of ether oxygens (including phenoxy) is 2. The smallest absolute Gasteiger partial charge is 0.423 e. The van der Waals surface area contributed by atoms with Crippen LogP contribution >= 0.6 is 0 Å². The zero-order valence-electron chi connectivity index (χ0n) is 13.1. The van der Waals surface area contributed by atoms with Crippen molar-refractivity contribution in [2.24, 2.45) is 0 Å². The highest BCUT2D eigenvalue weighted by Gasteiger charge is 2.42. The van der Waals surface area contributed by atoms with Crippen molar-refractivity contribution in [3.63, 3.8) is 0 Å². The van der Waals surface area contributed by atoms with Crippen molar-refractivity contribution in [2.45, 2.75) is 6.18 Å². The molecule has 138 valence electrons. The van der Waals surface area contributed by atoms with E-state index in [9.17, 15) is 28.1 Å². The number of alkyl halides is 3. The van der Waals surface area contributed by atoms with Crippen LogP contribution < -0.4 is 10.2 Å². The van der Waals surface area contributed by atoms with Gasteiger partial charge in [0.1, 0.15) is 17.9 Å². The molecule has 0 aliphatic carbocycles. The molecule has 0 spiro atoms. The Morgan fingerprint density at radius 2 is 2.12 bits per heavy atom. The van der Waals surface area contributed by atoms with Gasteiger partial charge in [0.2, 0.25) is 5.82 Å². The largest absolute Gasteiger partial charge is 0.468 e. The molecule has 25 heavy (non-hydrogen) atoms. The minimum atomic E-state index is -4.96. The average molecular weight is 364 g/mol. The van der Waals surface area contributed by atoms with Crippen LogP contribution in [0.4, 0.5) is 30.5 Å². The van der Waals surface area contributed by atoms with E-state index in [1.54, 1.807) is 0 Å². The molecule has 0 radical (unpaired) electrons. The maximum absolute atomic E-state index is 13.3. The van der Waals surface area contributed by atoms with Gasteiger partial charge in [-0.05, 0) is 0 Å². The van der Waals surface area contributed by atoms with Gasteiger partial charge in [-0.15, -0.1) is 0 Å². The van der Waals surface area contributed by atoms with Gasteiger partial charge in [-0.3, -0.25) is 14.9 Å². The molecule has 1 aromatic heterocycles. The van der Waals surface area contributed by atoms with Crippen LogP contribution in [0, 0.1) is 10.1 Å². The number of hydrogen-bond donors (Lipinski definition) is 1. The normalized spacial score (nSPS) is 15.0. The first kappa shape index (κ1) is 18.7. The molecule has 1 aromatic rings. The summed E-state index contributed by atoms with van der Waals surface area (Å²) in [7, 11) is 1.08. The third kappa shape index (κ3) is 4.47. The van der Waals surface area contributed by atoms with Crippen molar-refractivity contribution < 1.29 is 32.4 Å². The number of morpholine rings is 1. The lowest BCUT2D eigenvalue weighted by Gasteiger charge is -2.28. The van der Waals surface area contributed by atoms with Crippen LogP contribution in [-0.2, 0) is 20.4 Å². The predicted molar refractivity (Wildman–Crippen MR) is 79.4 cm³/mol. The second kappa shape index (κ2) is 7.51. The van der Waals surface area contributed by atoms with Crippen LogP contribution in [0.1, 0.15) is 5.56 Å². The Bertz CT molecular complexity index is 662. The lowest BCUT2D eigenvalue weighted by Crippen LogP contribution is -2.37. The number of esters is 1. The van der Waals surface area contributed by atoms with Crippen molar-refractivity contribution in [3.05, 3.63) is 21.7 Å². The van der Waals surface area contributed by atoms with Crippen LogP contribution in [-0.4, -0.2) is 55.8 Å². The average Bonchev–Trinajstić information content (AvgIpc) is 2.58. The fourth-order valence-electron chi connectivity index (χ4n) is 2.23.